The molecule has 5 N–H and O–H groups in total. The number of nitrogens with two attached hydrogens (primary N) is 1. The van der Waals surface area contributed by atoms with E-state index in [-0.39, 0.29) is 18.4 Å². The average molecular weight is 219 g/mol. The fourth-order valence-electron chi connectivity index (χ4n) is 2.66. The lowest BCUT2D eigenvalue weighted by atomic mass is 9.92. The van der Waals surface area contributed by atoms with Crippen LogP contribution in [0.25, 0.3) is 0 Å². The third-order valence-electron chi connectivity index (χ3n) is 3.48. The van der Waals surface area contributed by atoms with Gasteiger partial charge < -0.3 is 5.73 Å². The molecule has 86 valence electrons. The lowest BCUT2D eigenvalue weighted by Crippen LogP contribution is -2.46. The fraction of sp³-hybridized carbons (Fsp3) is 0.455. The molecule has 5 nitrogen and oxygen atoms in total. The van der Waals surface area contributed by atoms with Gasteiger partial charge in [0.15, 0.2) is 0 Å². The van der Waals surface area contributed by atoms with Crippen molar-refractivity contribution >= 4 is 0 Å². The summed E-state index contributed by atoms with van der Waals surface area (Å²) in [5.41, 5.74) is 17.1. The zero-order chi connectivity index (χ0) is 11.1. The molecule has 1 aromatic carbocycles. The van der Waals surface area contributed by atoms with Gasteiger partial charge in [-0.25, -0.2) is 21.3 Å². The Balaban J connectivity index is 1.91. The Hall–Kier alpha value is -0.980. The maximum atomic E-state index is 6.07. The number of benzene rings is 1. The van der Waals surface area contributed by atoms with Crippen molar-refractivity contribution in [3.05, 3.63) is 35.9 Å². The molecule has 0 aliphatic carbocycles. The average Bonchev–Trinajstić information content (AvgIpc) is 2.83. The first-order valence-corrected chi connectivity index (χ1v) is 5.58. The first-order chi connectivity index (χ1) is 7.77. The molecule has 16 heavy (non-hydrogen) atoms. The van der Waals surface area contributed by atoms with Crippen LogP contribution in [-0.4, -0.2) is 24.4 Å². The molecule has 2 fully saturated rings. The summed E-state index contributed by atoms with van der Waals surface area (Å²) in [7, 11) is 2.04. The summed E-state index contributed by atoms with van der Waals surface area (Å²) in [6, 6.07) is 10.7. The minimum absolute atomic E-state index is 0.0207. The number of nitrogens with one attached hydrogen (secondary N) is 3. The van der Waals surface area contributed by atoms with Gasteiger partial charge in [0, 0.05) is 13.0 Å². The molecule has 5 heteroatoms. The van der Waals surface area contributed by atoms with Gasteiger partial charge in [-0.2, -0.15) is 0 Å². The van der Waals surface area contributed by atoms with Gasteiger partial charge in [0.2, 0.25) is 0 Å². The Morgan fingerprint density at radius 1 is 1.19 bits per heavy atom. The lowest BCUT2D eigenvalue weighted by Gasteiger charge is -2.20. The van der Waals surface area contributed by atoms with Crippen LogP contribution < -0.4 is 22.0 Å². The second kappa shape index (κ2) is 3.80. The van der Waals surface area contributed by atoms with Gasteiger partial charge >= 0.3 is 0 Å². The largest absolute Gasteiger partial charge is 0.315 e. The van der Waals surface area contributed by atoms with Crippen molar-refractivity contribution in [3.8, 4) is 0 Å². The van der Waals surface area contributed by atoms with Crippen LogP contribution in [0.2, 0.25) is 0 Å². The van der Waals surface area contributed by atoms with E-state index in [1.807, 2.05) is 13.1 Å². The highest BCUT2D eigenvalue weighted by molar-refractivity contribution is 5.22. The normalized spacial score (nSPS) is 38.9. The predicted molar refractivity (Wildman–Crippen MR) is 61.6 cm³/mol. The van der Waals surface area contributed by atoms with Crippen LogP contribution in [0.3, 0.4) is 0 Å². The molecular formula is C11H17N5. The van der Waals surface area contributed by atoms with Gasteiger partial charge in [-0.05, 0) is 5.56 Å². The van der Waals surface area contributed by atoms with E-state index in [4.69, 9.17) is 5.73 Å². The molecule has 0 saturated carbocycles. The fourth-order valence-corrected chi connectivity index (χ4v) is 2.66. The van der Waals surface area contributed by atoms with E-state index in [1.54, 1.807) is 0 Å². The van der Waals surface area contributed by atoms with E-state index >= 15 is 0 Å². The van der Waals surface area contributed by atoms with Crippen LogP contribution in [0.4, 0.5) is 0 Å². The van der Waals surface area contributed by atoms with E-state index in [2.05, 4.69) is 45.6 Å². The van der Waals surface area contributed by atoms with Crippen molar-refractivity contribution in [2.75, 3.05) is 7.05 Å². The number of hydrogen-bond acceptors (Lipinski definition) is 5. The van der Waals surface area contributed by atoms with E-state index in [9.17, 15) is 0 Å². The summed E-state index contributed by atoms with van der Waals surface area (Å²) in [5, 5.41) is 2.09. The topological polar surface area (TPSA) is 65.3 Å². The van der Waals surface area contributed by atoms with Gasteiger partial charge in [0.05, 0.1) is 18.4 Å². The standard InChI is InChI=1S/C11H17N5/c1-16-11-8(10(12)13-14-11)9(15-16)7-5-3-2-4-6-7/h2-6,8-11,13-15H,12H2,1H3. The van der Waals surface area contributed by atoms with Crippen LogP contribution in [0.1, 0.15) is 11.6 Å². The predicted octanol–water partition coefficient (Wildman–Crippen LogP) is -0.487. The zero-order valence-corrected chi connectivity index (χ0v) is 9.22. The summed E-state index contributed by atoms with van der Waals surface area (Å²) in [6.45, 7) is 0. The highest BCUT2D eigenvalue weighted by Crippen LogP contribution is 2.34. The first kappa shape index (κ1) is 10.2. The van der Waals surface area contributed by atoms with Crippen molar-refractivity contribution < 1.29 is 0 Å². The Morgan fingerprint density at radius 3 is 2.69 bits per heavy atom. The Bertz CT molecular complexity index is 368. The number of rotatable bonds is 1. The van der Waals surface area contributed by atoms with Crippen molar-refractivity contribution in [1.29, 1.82) is 0 Å². The maximum Gasteiger partial charge on any atom is 0.0932 e. The van der Waals surface area contributed by atoms with Crippen LogP contribution >= 0.6 is 0 Å². The zero-order valence-electron chi connectivity index (χ0n) is 9.22. The maximum absolute atomic E-state index is 6.07. The molecule has 0 bridgehead atoms. The molecule has 3 rings (SSSR count). The molecule has 1 aromatic rings. The molecule has 2 heterocycles. The molecule has 0 spiro atoms. The number of fused-ring (bicyclic) bond motifs is 1. The Morgan fingerprint density at radius 2 is 1.94 bits per heavy atom. The number of nitrogens with zero attached hydrogens (tertiary/aromatic N) is 1. The van der Waals surface area contributed by atoms with Gasteiger partial charge in [0.1, 0.15) is 0 Å². The highest BCUT2D eigenvalue weighted by atomic mass is 15.7. The van der Waals surface area contributed by atoms with E-state index in [1.165, 1.54) is 5.56 Å². The van der Waals surface area contributed by atoms with Crippen LogP contribution in [0, 0.1) is 5.92 Å². The monoisotopic (exact) mass is 219 g/mol. The molecule has 2 aliphatic rings. The summed E-state index contributed by atoms with van der Waals surface area (Å²) in [6.07, 6.45) is 0.230. The van der Waals surface area contributed by atoms with Gasteiger partial charge in [-0.15, -0.1) is 0 Å². The molecule has 2 aliphatic heterocycles. The molecule has 4 atom stereocenters. The first-order valence-electron chi connectivity index (χ1n) is 5.58. The molecule has 0 radical (unpaired) electrons. The van der Waals surface area contributed by atoms with Gasteiger partial charge in [-0.3, -0.25) is 0 Å². The molecule has 0 aromatic heterocycles. The van der Waals surface area contributed by atoms with Gasteiger partial charge in [-0.1, -0.05) is 30.3 Å². The van der Waals surface area contributed by atoms with Crippen molar-refractivity contribution in [1.82, 2.24) is 21.3 Å². The smallest absolute Gasteiger partial charge is 0.0932 e. The SMILES string of the molecule is CN1NC(c2ccccc2)C2C(N)NNC21. The quantitative estimate of drug-likeness (QED) is 0.513. The second-order valence-corrected chi connectivity index (χ2v) is 4.47. The Kier molecular flexibility index (Phi) is 2.42. The summed E-state index contributed by atoms with van der Waals surface area (Å²) in [5.74, 6) is 0.340. The third kappa shape index (κ3) is 1.45. The lowest BCUT2D eigenvalue weighted by molar-refractivity contribution is 0.196. The number of hydrazine groups is 2. The van der Waals surface area contributed by atoms with Crippen LogP contribution in [0.5, 0.6) is 0 Å². The molecule has 2 saturated heterocycles. The van der Waals surface area contributed by atoms with Crippen LogP contribution in [-0.2, 0) is 0 Å². The van der Waals surface area contributed by atoms with Crippen molar-refractivity contribution in [3.63, 3.8) is 0 Å². The Labute approximate surface area is 94.9 Å². The van der Waals surface area contributed by atoms with Crippen molar-refractivity contribution in [2.45, 2.75) is 18.4 Å². The summed E-state index contributed by atoms with van der Waals surface area (Å²) in [4.78, 5) is 0. The molecule has 4 unspecified atom stereocenters. The van der Waals surface area contributed by atoms with Crippen LogP contribution in [0.15, 0.2) is 30.3 Å². The second-order valence-electron chi connectivity index (χ2n) is 4.47. The molecular weight excluding hydrogens is 202 g/mol. The minimum atomic E-state index is -0.0207. The van der Waals surface area contributed by atoms with E-state index in [0.717, 1.165) is 0 Å². The van der Waals surface area contributed by atoms with Gasteiger partial charge in [0.25, 0.3) is 0 Å². The minimum Gasteiger partial charge on any atom is -0.315 e. The van der Waals surface area contributed by atoms with E-state index in [0.29, 0.717) is 5.92 Å². The summed E-state index contributed by atoms with van der Waals surface area (Å²) < 4.78 is 0. The van der Waals surface area contributed by atoms with E-state index < -0.39 is 0 Å². The third-order valence-corrected chi connectivity index (χ3v) is 3.48. The molecule has 0 amide bonds. The van der Waals surface area contributed by atoms with Crippen molar-refractivity contribution in [2.24, 2.45) is 11.7 Å². The highest BCUT2D eigenvalue weighted by Gasteiger charge is 2.47. The summed E-state index contributed by atoms with van der Waals surface area (Å²) >= 11 is 0. The number of hydrogen-bond donors (Lipinski definition) is 4.